The summed E-state index contributed by atoms with van der Waals surface area (Å²) in [5.41, 5.74) is 5.48. The lowest BCUT2D eigenvalue weighted by Gasteiger charge is -2.26. The van der Waals surface area contributed by atoms with Gasteiger partial charge in [0.05, 0.1) is 13.8 Å². The molecule has 2 aromatic rings. The number of rotatable bonds is 4. The summed E-state index contributed by atoms with van der Waals surface area (Å²) < 4.78 is 0. The molecule has 0 bridgehead atoms. The molecule has 0 aliphatic heterocycles. The second kappa shape index (κ2) is 6.83. The summed E-state index contributed by atoms with van der Waals surface area (Å²) in [5.74, 6) is 0.567. The van der Waals surface area contributed by atoms with Crippen molar-refractivity contribution < 1.29 is 0 Å². The van der Waals surface area contributed by atoms with E-state index in [0.717, 1.165) is 12.1 Å². The van der Waals surface area contributed by atoms with Crippen LogP contribution >= 0.6 is 0 Å². The first kappa shape index (κ1) is 18.9. The third-order valence-electron chi connectivity index (χ3n) is 4.39. The lowest BCUT2D eigenvalue weighted by molar-refractivity contribution is 0.412. The molecule has 1 nitrogen and oxygen atoms in total. The van der Waals surface area contributed by atoms with Crippen molar-refractivity contribution in [3.05, 3.63) is 47.7 Å². The van der Waals surface area contributed by atoms with E-state index in [2.05, 4.69) is 90.8 Å². The number of hydrogen-bond donors (Lipinski definition) is 0. The van der Waals surface area contributed by atoms with Gasteiger partial charge in [-0.2, -0.15) is 0 Å². The molecule has 0 aliphatic carbocycles. The molecule has 130 valence electrons. The predicted molar refractivity (Wildman–Crippen MR) is 110 cm³/mol. The molecule has 2 rings (SSSR count). The van der Waals surface area contributed by atoms with Gasteiger partial charge in [0, 0.05) is 11.8 Å². The fraction of sp³-hybridized carbons (Fsp3) is 0.500. The van der Waals surface area contributed by atoms with Gasteiger partial charge >= 0.3 is 0 Å². The van der Waals surface area contributed by atoms with Crippen molar-refractivity contribution in [2.75, 3.05) is 0 Å². The Morgan fingerprint density at radius 3 is 2.04 bits per heavy atom. The molecule has 0 amide bonds. The Balaban J connectivity index is 2.47. The van der Waals surface area contributed by atoms with E-state index < -0.39 is 8.07 Å². The number of nitrogens with zero attached hydrogens (tertiary/aromatic N) is 1. The molecule has 1 aromatic carbocycles. The number of pyridine rings is 1. The monoisotopic (exact) mass is 339 g/mol. The van der Waals surface area contributed by atoms with Gasteiger partial charge < -0.3 is 0 Å². The van der Waals surface area contributed by atoms with E-state index in [0.29, 0.717) is 5.92 Å². The molecule has 0 saturated carbocycles. The van der Waals surface area contributed by atoms with Crippen molar-refractivity contribution in [1.82, 2.24) is 4.98 Å². The van der Waals surface area contributed by atoms with Crippen LogP contribution in [0.5, 0.6) is 0 Å². The molecule has 1 heterocycles. The van der Waals surface area contributed by atoms with Gasteiger partial charge in [-0.3, -0.25) is 4.98 Å². The summed E-state index contributed by atoms with van der Waals surface area (Å²) in [6, 6.07) is 11.2. The van der Waals surface area contributed by atoms with Crippen LogP contribution in [-0.4, -0.2) is 13.1 Å². The van der Waals surface area contributed by atoms with E-state index >= 15 is 0 Å². The molecular formula is C22H33NSi. The fourth-order valence-electron chi connectivity index (χ4n) is 3.09. The van der Waals surface area contributed by atoms with E-state index in [-0.39, 0.29) is 5.41 Å². The zero-order valence-electron chi connectivity index (χ0n) is 16.7. The van der Waals surface area contributed by atoms with Crippen LogP contribution in [0.25, 0.3) is 11.3 Å². The molecule has 0 aliphatic rings. The van der Waals surface area contributed by atoms with Gasteiger partial charge in [0.2, 0.25) is 0 Å². The first-order valence-corrected chi connectivity index (χ1v) is 12.6. The maximum Gasteiger partial charge on any atom is 0.0799 e. The van der Waals surface area contributed by atoms with Crippen molar-refractivity contribution in [3.63, 3.8) is 0 Å². The van der Waals surface area contributed by atoms with Crippen molar-refractivity contribution >= 4 is 13.3 Å². The van der Waals surface area contributed by atoms with E-state index in [9.17, 15) is 0 Å². The molecule has 0 atom stereocenters. The molecule has 0 N–H and O–H groups in total. The molecule has 24 heavy (non-hydrogen) atoms. The van der Waals surface area contributed by atoms with Crippen LogP contribution in [0, 0.1) is 5.41 Å². The minimum absolute atomic E-state index is 0.286. The lowest BCUT2D eigenvalue weighted by atomic mass is 9.88. The van der Waals surface area contributed by atoms with Gasteiger partial charge in [-0.05, 0) is 40.1 Å². The minimum atomic E-state index is -1.39. The average Bonchev–Trinajstić information content (AvgIpc) is 2.44. The van der Waals surface area contributed by atoms with E-state index in [1.165, 1.54) is 21.9 Å². The van der Waals surface area contributed by atoms with Crippen LogP contribution in [0.15, 0.2) is 36.5 Å². The quantitative estimate of drug-likeness (QED) is 0.622. The summed E-state index contributed by atoms with van der Waals surface area (Å²) in [6.45, 7) is 18.7. The predicted octanol–water partition coefficient (Wildman–Crippen LogP) is 6.01. The van der Waals surface area contributed by atoms with Gasteiger partial charge in [0.1, 0.15) is 0 Å². The van der Waals surface area contributed by atoms with Gasteiger partial charge in [-0.1, -0.05) is 78.5 Å². The molecular weight excluding hydrogens is 306 g/mol. The van der Waals surface area contributed by atoms with Gasteiger partial charge in [0.15, 0.2) is 0 Å². The SMILES string of the molecule is CC(C)c1ccc(-c2cc(CC(C)(C)C)c([Si](C)(C)C)cn2)cc1. The Bertz CT molecular complexity index is 685. The highest BCUT2D eigenvalue weighted by atomic mass is 28.3. The molecule has 0 fully saturated rings. The third kappa shape index (κ3) is 4.79. The highest BCUT2D eigenvalue weighted by Crippen LogP contribution is 2.26. The Kier molecular flexibility index (Phi) is 5.39. The zero-order chi connectivity index (χ0) is 18.1. The Hall–Kier alpha value is -1.41. The van der Waals surface area contributed by atoms with Gasteiger partial charge in [-0.25, -0.2) is 0 Å². The normalized spacial score (nSPS) is 12.7. The van der Waals surface area contributed by atoms with Crippen LogP contribution in [0.1, 0.15) is 51.7 Å². The van der Waals surface area contributed by atoms with Gasteiger partial charge in [0.25, 0.3) is 0 Å². The minimum Gasteiger partial charge on any atom is -0.256 e. The molecule has 0 saturated heterocycles. The van der Waals surface area contributed by atoms with Crippen LogP contribution in [0.2, 0.25) is 19.6 Å². The van der Waals surface area contributed by atoms with Gasteiger partial charge in [-0.15, -0.1) is 0 Å². The van der Waals surface area contributed by atoms with Crippen LogP contribution in [0.3, 0.4) is 0 Å². The van der Waals surface area contributed by atoms with E-state index in [1.54, 1.807) is 0 Å². The zero-order valence-corrected chi connectivity index (χ0v) is 17.7. The molecule has 0 unspecified atom stereocenters. The van der Waals surface area contributed by atoms with Crippen molar-refractivity contribution in [2.24, 2.45) is 5.41 Å². The molecule has 0 spiro atoms. The fourth-order valence-corrected chi connectivity index (χ4v) is 4.66. The number of benzene rings is 1. The Labute approximate surface area is 149 Å². The van der Waals surface area contributed by atoms with E-state index in [1.807, 2.05) is 0 Å². The summed E-state index contributed by atoms with van der Waals surface area (Å²) >= 11 is 0. The maximum atomic E-state index is 4.82. The van der Waals surface area contributed by atoms with Crippen LogP contribution in [-0.2, 0) is 6.42 Å². The molecule has 0 radical (unpaired) electrons. The first-order valence-electron chi connectivity index (χ1n) is 9.07. The first-order chi connectivity index (χ1) is 11.0. The second-order valence-corrected chi connectivity index (χ2v) is 14.5. The third-order valence-corrected chi connectivity index (χ3v) is 6.46. The highest BCUT2D eigenvalue weighted by Gasteiger charge is 2.24. The van der Waals surface area contributed by atoms with Crippen molar-refractivity contribution in [3.8, 4) is 11.3 Å². The topological polar surface area (TPSA) is 12.9 Å². The summed E-state index contributed by atoms with van der Waals surface area (Å²) in [4.78, 5) is 4.82. The van der Waals surface area contributed by atoms with Crippen molar-refractivity contribution in [2.45, 2.75) is 66.6 Å². The Morgan fingerprint density at radius 2 is 1.58 bits per heavy atom. The highest BCUT2D eigenvalue weighted by molar-refractivity contribution is 6.89. The smallest absolute Gasteiger partial charge is 0.0799 e. The second-order valence-electron chi connectivity index (χ2n) is 9.49. The largest absolute Gasteiger partial charge is 0.256 e. The van der Waals surface area contributed by atoms with Crippen LogP contribution < -0.4 is 5.19 Å². The standard InChI is InChI=1S/C22H33NSi/c1-16(2)17-9-11-18(12-10-17)20-13-19(14-22(3,4)5)21(15-23-20)24(6,7)8/h9-13,15-16H,14H2,1-8H3. The maximum absolute atomic E-state index is 4.82. The average molecular weight is 340 g/mol. The number of aromatic nitrogens is 1. The molecule has 2 heteroatoms. The summed E-state index contributed by atoms with van der Waals surface area (Å²) in [5, 5.41) is 1.50. The van der Waals surface area contributed by atoms with E-state index in [4.69, 9.17) is 4.98 Å². The van der Waals surface area contributed by atoms with Crippen LogP contribution in [0.4, 0.5) is 0 Å². The summed E-state index contributed by atoms with van der Waals surface area (Å²) in [7, 11) is -1.39. The molecule has 1 aromatic heterocycles. The summed E-state index contributed by atoms with van der Waals surface area (Å²) in [6.07, 6.45) is 3.26. The number of hydrogen-bond acceptors (Lipinski definition) is 1. The van der Waals surface area contributed by atoms with Crippen molar-refractivity contribution in [1.29, 1.82) is 0 Å². The lowest BCUT2D eigenvalue weighted by Crippen LogP contribution is -2.41. The Morgan fingerprint density at radius 1 is 1.00 bits per heavy atom.